The minimum absolute atomic E-state index is 0. The molecule has 156 valence electrons. The summed E-state index contributed by atoms with van der Waals surface area (Å²) in [6.07, 6.45) is 4.69. The number of nitrogens with one attached hydrogen (secondary N) is 2. The van der Waals surface area contributed by atoms with Crippen molar-refractivity contribution in [1.82, 2.24) is 16.8 Å². The number of nitrogens with zero attached hydrogens (tertiary/aromatic N) is 1. The Morgan fingerprint density at radius 1 is 1.19 bits per heavy atom. The number of aliphatic hydroxyl groups is 1. The van der Waals surface area contributed by atoms with Gasteiger partial charge in [0.25, 0.3) is 5.91 Å². The van der Waals surface area contributed by atoms with E-state index in [1.165, 1.54) is 0 Å². The zero-order valence-corrected chi connectivity index (χ0v) is 15.2. The van der Waals surface area contributed by atoms with Gasteiger partial charge in [0.05, 0.1) is 6.07 Å². The molecule has 1 aliphatic heterocycles. The summed E-state index contributed by atoms with van der Waals surface area (Å²) in [5.74, 6) is 1.54. The number of carbonyl (C=O) groups is 2. The lowest BCUT2D eigenvalue weighted by Gasteiger charge is -2.03. The summed E-state index contributed by atoms with van der Waals surface area (Å²) in [7, 11) is 0. The molecule has 3 amide bonds. The maximum atomic E-state index is 10.9. The molecule has 0 bridgehead atoms. The Kier molecular flexibility index (Phi) is 42.8. The average Bonchev–Trinajstić information content (AvgIpc) is 2.82. The first-order valence-corrected chi connectivity index (χ1v) is 8.91. The summed E-state index contributed by atoms with van der Waals surface area (Å²) in [6, 6.07) is 1.06. The fraction of sp³-hybridized carbons (Fsp3) is 0.714. The molecule has 0 aromatic heterocycles. The van der Waals surface area contributed by atoms with Crippen LogP contribution in [0, 0.1) is 11.3 Å². The Balaban J connectivity index is -0.0000000605. The van der Waals surface area contributed by atoms with E-state index in [0.717, 1.165) is 11.5 Å². The van der Waals surface area contributed by atoms with Crippen LogP contribution < -0.4 is 16.8 Å². The Bertz CT molecular complexity index is 415. The third-order valence-corrected chi connectivity index (χ3v) is 3.50. The molecule has 0 aliphatic carbocycles. The van der Waals surface area contributed by atoms with Crippen molar-refractivity contribution in [2.45, 2.75) is 39.8 Å². The lowest BCUT2D eigenvalue weighted by atomic mass is 10.2. The van der Waals surface area contributed by atoms with Crippen LogP contribution in [0.15, 0.2) is 0 Å². The van der Waals surface area contributed by atoms with Crippen molar-refractivity contribution < 1.29 is 29.8 Å². The molecule has 0 saturated carbocycles. The molecule has 1 heterocycles. The molecule has 10 nitrogen and oxygen atoms in total. The second-order valence-corrected chi connectivity index (χ2v) is 5.78. The van der Waals surface area contributed by atoms with E-state index in [4.69, 9.17) is 20.0 Å². The van der Waals surface area contributed by atoms with Crippen LogP contribution in [-0.2, 0) is 14.4 Å². The quantitative estimate of drug-likeness (QED) is 0.353. The van der Waals surface area contributed by atoms with Crippen LogP contribution in [0.25, 0.3) is 0 Å². The van der Waals surface area contributed by atoms with E-state index in [0.29, 0.717) is 12.8 Å². The standard InChI is InChI=1S/C6H10N2O2S.C5H9NOS.CO2.2CH4.H3N.H2O/c1-11-3-2-4-5(9)8-6(10)7-4;1-8-3-2-5(7)4-6;2-1-3;;;;/h4H,2-3H2,1H3,(H2,7,8,9,10);5,7H,2-3H2,1H3;;2*1H4;1H3;1H2. The summed E-state index contributed by atoms with van der Waals surface area (Å²) in [5.41, 5.74) is 0. The third-order valence-electron chi connectivity index (χ3n) is 2.21. The molecule has 12 heteroatoms. The molecular formula is C14H32N4O6S2. The third kappa shape index (κ3) is 24.6. The van der Waals surface area contributed by atoms with Crippen LogP contribution in [0.4, 0.5) is 4.79 Å². The molecule has 2 unspecified atom stereocenters. The van der Waals surface area contributed by atoms with Crippen LogP contribution >= 0.6 is 23.5 Å². The van der Waals surface area contributed by atoms with Gasteiger partial charge in [-0.05, 0) is 36.9 Å². The van der Waals surface area contributed by atoms with Crippen molar-refractivity contribution in [3.8, 4) is 6.07 Å². The van der Waals surface area contributed by atoms with E-state index in [1.54, 1.807) is 29.6 Å². The summed E-state index contributed by atoms with van der Waals surface area (Å²) in [6.45, 7) is 0. The van der Waals surface area contributed by atoms with Gasteiger partial charge in [-0.1, -0.05) is 14.9 Å². The smallest absolute Gasteiger partial charge is 0.373 e. The van der Waals surface area contributed by atoms with E-state index in [1.807, 2.05) is 12.5 Å². The number of amides is 3. The van der Waals surface area contributed by atoms with Gasteiger partial charge in [0.2, 0.25) is 0 Å². The number of thioether (sulfide) groups is 2. The summed E-state index contributed by atoms with van der Waals surface area (Å²) < 4.78 is 0. The van der Waals surface area contributed by atoms with E-state index < -0.39 is 6.10 Å². The Morgan fingerprint density at radius 2 is 1.65 bits per heavy atom. The van der Waals surface area contributed by atoms with Crippen LogP contribution in [0.3, 0.4) is 0 Å². The molecule has 1 rings (SSSR count). The first-order chi connectivity index (χ1) is 10.5. The van der Waals surface area contributed by atoms with E-state index >= 15 is 0 Å². The lowest BCUT2D eigenvalue weighted by Crippen LogP contribution is -2.29. The van der Waals surface area contributed by atoms with Gasteiger partial charge in [-0.2, -0.15) is 38.4 Å². The number of aliphatic hydroxyl groups excluding tert-OH is 1. The highest BCUT2D eigenvalue weighted by Crippen LogP contribution is 2.03. The van der Waals surface area contributed by atoms with Crippen LogP contribution in [-0.4, -0.2) is 64.8 Å². The molecule has 1 saturated heterocycles. The first kappa shape index (κ1) is 39.5. The second kappa shape index (κ2) is 28.2. The number of urea groups is 1. The number of hydrogen-bond acceptors (Lipinski definition) is 9. The van der Waals surface area contributed by atoms with E-state index in [-0.39, 0.29) is 50.6 Å². The van der Waals surface area contributed by atoms with Gasteiger partial charge >= 0.3 is 12.2 Å². The first-order valence-electron chi connectivity index (χ1n) is 6.12. The summed E-state index contributed by atoms with van der Waals surface area (Å²) >= 11 is 3.29. The molecule has 0 radical (unpaired) electrons. The number of rotatable bonds is 6. The summed E-state index contributed by atoms with van der Waals surface area (Å²) in [4.78, 5) is 37.7. The maximum absolute atomic E-state index is 10.9. The van der Waals surface area contributed by atoms with Crippen molar-refractivity contribution in [3.05, 3.63) is 0 Å². The zero-order chi connectivity index (χ0) is 17.4. The van der Waals surface area contributed by atoms with Crippen LogP contribution in [0.5, 0.6) is 0 Å². The maximum Gasteiger partial charge on any atom is 0.373 e. The molecule has 1 aliphatic rings. The number of hydrogen-bond donors (Lipinski definition) is 4. The van der Waals surface area contributed by atoms with Gasteiger partial charge in [0.1, 0.15) is 12.1 Å². The fourth-order valence-electron chi connectivity index (χ4n) is 1.19. The highest BCUT2D eigenvalue weighted by atomic mass is 32.2. The molecule has 0 aromatic rings. The van der Waals surface area contributed by atoms with Gasteiger partial charge in [0, 0.05) is 0 Å². The predicted molar refractivity (Wildman–Crippen MR) is 105 cm³/mol. The normalized spacial score (nSPS) is 14.0. The monoisotopic (exact) mass is 416 g/mol. The highest BCUT2D eigenvalue weighted by Gasteiger charge is 2.28. The molecule has 2 atom stereocenters. The van der Waals surface area contributed by atoms with Crippen molar-refractivity contribution >= 4 is 41.6 Å². The highest BCUT2D eigenvalue weighted by molar-refractivity contribution is 7.98. The predicted octanol–water partition coefficient (Wildman–Crippen LogP) is 0.597. The second-order valence-electron chi connectivity index (χ2n) is 3.81. The molecule has 0 spiro atoms. The van der Waals surface area contributed by atoms with Crippen LogP contribution in [0.2, 0.25) is 0 Å². The topological polar surface area (TPSA) is 203 Å². The Labute approximate surface area is 163 Å². The number of nitriles is 1. The minimum atomic E-state index is -0.762. The fourth-order valence-corrected chi connectivity index (χ4v) is 2.12. The van der Waals surface area contributed by atoms with E-state index in [2.05, 4.69) is 10.6 Å². The summed E-state index contributed by atoms with van der Waals surface area (Å²) in [5, 5.41) is 21.4. The Morgan fingerprint density at radius 3 is 1.96 bits per heavy atom. The lowest BCUT2D eigenvalue weighted by molar-refractivity contribution is -0.191. The molecule has 26 heavy (non-hydrogen) atoms. The molecule has 0 aromatic carbocycles. The molecule has 1 fully saturated rings. The van der Waals surface area contributed by atoms with E-state index in [9.17, 15) is 9.59 Å². The Hall–Kier alpha value is -1.61. The molecule has 8 N–H and O–H groups in total. The average molecular weight is 417 g/mol. The van der Waals surface area contributed by atoms with Crippen molar-refractivity contribution in [2.75, 3.05) is 24.0 Å². The van der Waals surface area contributed by atoms with Crippen molar-refractivity contribution in [2.24, 2.45) is 0 Å². The zero-order valence-electron chi connectivity index (χ0n) is 13.5. The largest absolute Gasteiger partial charge is 0.412 e. The minimum Gasteiger partial charge on any atom is -0.412 e. The van der Waals surface area contributed by atoms with Gasteiger partial charge in [-0.3, -0.25) is 10.1 Å². The van der Waals surface area contributed by atoms with Gasteiger partial charge in [0.15, 0.2) is 0 Å². The van der Waals surface area contributed by atoms with Crippen molar-refractivity contribution in [3.63, 3.8) is 0 Å². The van der Waals surface area contributed by atoms with Gasteiger partial charge < -0.3 is 22.1 Å². The number of imide groups is 1. The van der Waals surface area contributed by atoms with Crippen LogP contribution in [0.1, 0.15) is 27.7 Å². The van der Waals surface area contributed by atoms with Gasteiger partial charge in [-0.25, -0.2) is 4.79 Å². The number of carbonyl (C=O) groups excluding carboxylic acids is 4. The van der Waals surface area contributed by atoms with Crippen molar-refractivity contribution in [1.29, 1.82) is 5.26 Å². The SMILES string of the molecule is C.C.CSCCC(O)C#N.CSCCC1NC(=O)NC1=O.N.O.O=C=O. The van der Waals surface area contributed by atoms with Gasteiger partial charge in [-0.15, -0.1) is 0 Å². The molecular weight excluding hydrogens is 384 g/mol.